The third-order valence-electron chi connectivity index (χ3n) is 8.00. The van der Waals surface area contributed by atoms with Crippen LogP contribution in [-0.4, -0.2) is 52.2 Å². The summed E-state index contributed by atoms with van der Waals surface area (Å²) >= 11 is 0. The number of H-pyrrole nitrogens is 1. The summed E-state index contributed by atoms with van der Waals surface area (Å²) in [5.74, 6) is -1.17. The molecule has 4 aromatic rings. The number of carbonyl (C=O) groups is 1. The van der Waals surface area contributed by atoms with Crippen molar-refractivity contribution in [2.75, 3.05) is 13.1 Å². The molecule has 1 saturated heterocycles. The maximum absolute atomic E-state index is 15.3. The number of hydrogen-bond donors (Lipinski definition) is 1. The van der Waals surface area contributed by atoms with Crippen molar-refractivity contribution in [1.29, 1.82) is 0 Å². The highest BCUT2D eigenvalue weighted by molar-refractivity contribution is 5.94. The molecule has 0 saturated carbocycles. The summed E-state index contributed by atoms with van der Waals surface area (Å²) in [5, 5.41) is 1.04. The van der Waals surface area contributed by atoms with E-state index in [9.17, 15) is 18.0 Å². The summed E-state index contributed by atoms with van der Waals surface area (Å²) in [4.78, 5) is 21.1. The van der Waals surface area contributed by atoms with Gasteiger partial charge in [-0.25, -0.2) is 4.39 Å². The Labute approximate surface area is 236 Å². The molecule has 2 unspecified atom stereocenters. The summed E-state index contributed by atoms with van der Waals surface area (Å²) in [6, 6.07) is 17.9. The number of benzene rings is 3. The van der Waals surface area contributed by atoms with Crippen LogP contribution in [-0.2, 0) is 6.54 Å². The number of piperidine rings is 1. The quantitative estimate of drug-likeness (QED) is 0.221. The zero-order chi connectivity index (χ0) is 29.1. The van der Waals surface area contributed by atoms with Crippen LogP contribution in [0.5, 0.6) is 5.75 Å². The zero-order valence-corrected chi connectivity index (χ0v) is 23.0. The average Bonchev–Trinajstić information content (AvgIpc) is 3.44. The third-order valence-corrected chi connectivity index (χ3v) is 8.00. The summed E-state index contributed by atoms with van der Waals surface area (Å²) < 4.78 is 57.2. The van der Waals surface area contributed by atoms with E-state index in [4.69, 9.17) is 0 Å². The normalized spacial score (nSPS) is 18.0. The van der Waals surface area contributed by atoms with Crippen LogP contribution in [0.15, 0.2) is 72.9 Å². The minimum Gasteiger partial charge on any atom is -0.406 e. The molecule has 1 aliphatic rings. The summed E-state index contributed by atoms with van der Waals surface area (Å²) in [6.07, 6.45) is -0.591. The first-order valence-electron chi connectivity index (χ1n) is 13.9. The number of aromatic nitrogens is 1. The highest BCUT2D eigenvalue weighted by atomic mass is 19.4. The smallest absolute Gasteiger partial charge is 0.406 e. The Hall–Kier alpha value is -3.85. The third kappa shape index (κ3) is 6.56. The molecule has 2 heterocycles. The van der Waals surface area contributed by atoms with Crippen molar-refractivity contribution >= 4 is 16.8 Å². The number of likely N-dealkylation sites (tertiary alicyclic amines) is 1. The Bertz CT molecular complexity index is 1500. The number of aromatic amines is 1. The van der Waals surface area contributed by atoms with Gasteiger partial charge < -0.3 is 19.5 Å². The van der Waals surface area contributed by atoms with E-state index in [2.05, 4.69) is 28.5 Å². The van der Waals surface area contributed by atoms with Gasteiger partial charge in [0.1, 0.15) is 11.6 Å². The molecular weight excluding hydrogens is 534 g/mol. The molecule has 2 atom stereocenters. The molecule has 0 bridgehead atoms. The number of halogens is 4. The summed E-state index contributed by atoms with van der Waals surface area (Å²) in [5.41, 5.74) is 3.37. The van der Waals surface area contributed by atoms with E-state index < -0.39 is 17.9 Å². The fourth-order valence-electron chi connectivity index (χ4n) is 5.83. The lowest BCUT2D eigenvalue weighted by atomic mass is 9.92. The van der Waals surface area contributed by atoms with Crippen LogP contribution in [0.1, 0.15) is 49.0 Å². The number of nitrogens with zero attached hydrogens (tertiary/aromatic N) is 2. The first-order valence-corrected chi connectivity index (χ1v) is 13.9. The molecule has 0 spiro atoms. The van der Waals surface area contributed by atoms with E-state index in [1.54, 1.807) is 17.0 Å². The Balaban J connectivity index is 1.46. The molecule has 1 aliphatic heterocycles. The molecule has 3 aromatic carbocycles. The van der Waals surface area contributed by atoms with Crippen molar-refractivity contribution in [2.45, 2.75) is 58.1 Å². The molecule has 5 rings (SSSR count). The van der Waals surface area contributed by atoms with Gasteiger partial charge in [-0.3, -0.25) is 4.79 Å². The van der Waals surface area contributed by atoms with Crippen molar-refractivity contribution in [3.63, 3.8) is 0 Å². The van der Waals surface area contributed by atoms with Crippen LogP contribution in [0.3, 0.4) is 0 Å². The van der Waals surface area contributed by atoms with Gasteiger partial charge in [0.15, 0.2) is 0 Å². The van der Waals surface area contributed by atoms with Gasteiger partial charge in [-0.05, 0) is 96.9 Å². The monoisotopic (exact) mass is 567 g/mol. The zero-order valence-electron chi connectivity index (χ0n) is 23.0. The van der Waals surface area contributed by atoms with Gasteiger partial charge in [0.2, 0.25) is 0 Å². The number of nitrogens with one attached hydrogen (secondary N) is 1. The van der Waals surface area contributed by atoms with Gasteiger partial charge in [0, 0.05) is 48.0 Å². The molecule has 1 fully saturated rings. The molecule has 1 amide bonds. The Morgan fingerprint density at radius 2 is 1.76 bits per heavy atom. The van der Waals surface area contributed by atoms with E-state index in [1.165, 1.54) is 18.2 Å². The molecule has 0 radical (unpaired) electrons. The largest absolute Gasteiger partial charge is 0.573 e. The van der Waals surface area contributed by atoms with Crippen LogP contribution in [0, 0.1) is 5.82 Å². The first-order chi connectivity index (χ1) is 19.6. The Kier molecular flexibility index (Phi) is 8.35. The first kappa shape index (κ1) is 28.7. The molecule has 0 aliphatic carbocycles. The van der Waals surface area contributed by atoms with Gasteiger partial charge >= 0.3 is 6.36 Å². The number of hydrogen-bond acceptors (Lipinski definition) is 3. The number of carbonyl (C=O) groups excluding carboxylic acids is 1. The standard InChI is InChI=1S/C32H33F4N3O2/c1-3-26-19-27(14-16-38(26)4-2)39(31(40)21-5-9-28(10-6-21)41-32(34,35)36)20-25-18-22(7-11-29(25)33)23-8-12-30-24(17-23)13-15-37-30/h5-13,15,17-18,26-27,37H,3-4,14,16,19-20H2,1-2H3. The van der Waals surface area contributed by atoms with Gasteiger partial charge in [-0.15, -0.1) is 13.2 Å². The molecule has 41 heavy (non-hydrogen) atoms. The van der Waals surface area contributed by atoms with Crippen LogP contribution < -0.4 is 4.74 Å². The predicted molar refractivity (Wildman–Crippen MR) is 151 cm³/mol. The highest BCUT2D eigenvalue weighted by Gasteiger charge is 2.34. The lowest BCUT2D eigenvalue weighted by Gasteiger charge is -2.43. The van der Waals surface area contributed by atoms with Crippen LogP contribution >= 0.6 is 0 Å². The van der Waals surface area contributed by atoms with Crippen LogP contribution in [0.2, 0.25) is 0 Å². The number of rotatable bonds is 8. The minimum absolute atomic E-state index is 0.0406. The lowest BCUT2D eigenvalue weighted by Crippen LogP contribution is -2.51. The van der Waals surface area contributed by atoms with E-state index in [0.717, 1.165) is 66.5 Å². The van der Waals surface area contributed by atoms with Crippen LogP contribution in [0.25, 0.3) is 22.0 Å². The lowest BCUT2D eigenvalue weighted by molar-refractivity contribution is -0.274. The van der Waals surface area contributed by atoms with E-state index in [-0.39, 0.29) is 30.1 Å². The number of ether oxygens (including phenoxy) is 1. The van der Waals surface area contributed by atoms with E-state index in [1.807, 2.05) is 30.5 Å². The van der Waals surface area contributed by atoms with Gasteiger partial charge in [-0.1, -0.05) is 26.0 Å². The van der Waals surface area contributed by atoms with Crippen molar-refractivity contribution in [1.82, 2.24) is 14.8 Å². The molecule has 9 heteroatoms. The van der Waals surface area contributed by atoms with Gasteiger partial charge in [0.05, 0.1) is 0 Å². The van der Waals surface area contributed by atoms with E-state index in [0.29, 0.717) is 5.56 Å². The Morgan fingerprint density at radius 3 is 2.46 bits per heavy atom. The number of amides is 1. The SMILES string of the molecule is CCC1CC(N(Cc2cc(-c3ccc4[nH]ccc4c3)ccc2F)C(=O)c2ccc(OC(F)(F)F)cc2)CCN1CC. The van der Waals surface area contributed by atoms with Crippen molar-refractivity contribution in [3.8, 4) is 16.9 Å². The fraction of sp³-hybridized carbons (Fsp3) is 0.344. The second kappa shape index (κ2) is 11.9. The molecular formula is C32H33F4N3O2. The number of alkyl halides is 3. The highest BCUT2D eigenvalue weighted by Crippen LogP contribution is 2.31. The molecule has 5 nitrogen and oxygen atoms in total. The second-order valence-electron chi connectivity index (χ2n) is 10.5. The maximum atomic E-state index is 15.3. The maximum Gasteiger partial charge on any atom is 0.573 e. The topological polar surface area (TPSA) is 48.6 Å². The van der Waals surface area contributed by atoms with Crippen molar-refractivity contribution < 1.29 is 27.1 Å². The van der Waals surface area contributed by atoms with Gasteiger partial charge in [0.25, 0.3) is 5.91 Å². The van der Waals surface area contributed by atoms with Crippen LogP contribution in [0.4, 0.5) is 17.6 Å². The van der Waals surface area contributed by atoms with E-state index >= 15 is 4.39 Å². The average molecular weight is 568 g/mol. The Morgan fingerprint density at radius 1 is 1.02 bits per heavy atom. The molecule has 1 N–H and O–H groups in total. The van der Waals surface area contributed by atoms with Crippen molar-refractivity contribution in [2.24, 2.45) is 0 Å². The van der Waals surface area contributed by atoms with Gasteiger partial charge in [-0.2, -0.15) is 0 Å². The minimum atomic E-state index is -4.83. The molecule has 1 aromatic heterocycles. The second-order valence-corrected chi connectivity index (χ2v) is 10.5. The molecule has 216 valence electrons. The van der Waals surface area contributed by atoms with Crippen molar-refractivity contribution in [3.05, 3.63) is 89.9 Å². The fourth-order valence-corrected chi connectivity index (χ4v) is 5.83. The summed E-state index contributed by atoms with van der Waals surface area (Å²) in [7, 11) is 0. The number of fused-ring (bicyclic) bond motifs is 1. The summed E-state index contributed by atoms with van der Waals surface area (Å²) in [6.45, 7) is 5.98. The predicted octanol–water partition coefficient (Wildman–Crippen LogP) is 7.78.